The maximum absolute atomic E-state index is 13.3. The molecular formula is C24H33N3O4. The van der Waals surface area contributed by atoms with E-state index in [1.165, 1.54) is 19.3 Å². The normalized spacial score (nSPS) is 29.4. The summed E-state index contributed by atoms with van der Waals surface area (Å²) in [7, 11) is 1.55. The molecule has 4 bridgehead atoms. The van der Waals surface area contributed by atoms with Crippen molar-refractivity contribution in [1.29, 1.82) is 0 Å². The Morgan fingerprint density at radius 3 is 1.97 bits per heavy atom. The highest BCUT2D eigenvalue weighted by atomic mass is 16.5. The zero-order valence-electron chi connectivity index (χ0n) is 18.6. The van der Waals surface area contributed by atoms with Crippen molar-refractivity contribution >= 4 is 17.7 Å². The summed E-state index contributed by atoms with van der Waals surface area (Å²) >= 11 is 0. The van der Waals surface area contributed by atoms with E-state index in [1.807, 2.05) is 13.8 Å². The van der Waals surface area contributed by atoms with Crippen LogP contribution in [-0.4, -0.2) is 30.9 Å². The molecule has 1 unspecified atom stereocenters. The highest BCUT2D eigenvalue weighted by molar-refractivity contribution is 5.96. The van der Waals surface area contributed by atoms with E-state index in [9.17, 15) is 14.4 Å². The summed E-state index contributed by atoms with van der Waals surface area (Å²) in [5, 5.41) is 3.03. The van der Waals surface area contributed by atoms with Crippen molar-refractivity contribution in [3.05, 3.63) is 29.8 Å². The van der Waals surface area contributed by atoms with Gasteiger partial charge >= 0.3 is 0 Å². The molecule has 0 aliphatic heterocycles. The summed E-state index contributed by atoms with van der Waals surface area (Å²) < 4.78 is 5.09. The molecule has 4 fully saturated rings. The molecular weight excluding hydrogens is 394 g/mol. The van der Waals surface area contributed by atoms with Crippen LogP contribution < -0.4 is 20.9 Å². The summed E-state index contributed by atoms with van der Waals surface area (Å²) in [5.41, 5.74) is 5.03. The molecule has 0 radical (unpaired) electrons. The van der Waals surface area contributed by atoms with Gasteiger partial charge in [-0.1, -0.05) is 13.8 Å². The number of methoxy groups -OCH3 is 1. The molecule has 7 heteroatoms. The maximum atomic E-state index is 13.3. The lowest BCUT2D eigenvalue weighted by atomic mass is 9.49. The molecule has 3 amide bonds. The Hall–Kier alpha value is -2.57. The number of carbonyl (C=O) groups excluding carboxylic acids is 3. The highest BCUT2D eigenvalue weighted by Crippen LogP contribution is 2.60. The molecule has 7 nitrogen and oxygen atoms in total. The van der Waals surface area contributed by atoms with Crippen LogP contribution in [0.15, 0.2) is 24.3 Å². The van der Waals surface area contributed by atoms with Gasteiger partial charge in [-0.05, 0) is 86.5 Å². The van der Waals surface area contributed by atoms with Crippen molar-refractivity contribution in [3.8, 4) is 5.75 Å². The van der Waals surface area contributed by atoms with Crippen LogP contribution in [0.1, 0.15) is 62.7 Å². The van der Waals surface area contributed by atoms with Gasteiger partial charge in [0.25, 0.3) is 11.8 Å². The standard InChI is InChI=1S/C24H33N3O4/c1-14(2)20(22(29)27-26-21(28)18-4-6-19(31-3)7-5-18)25-23(30)24-11-15-8-16(12-24)10-17(9-15)13-24/h4-7,14-17,20H,8-13H2,1-3H3,(H,25,30)(H,26,28)(H,27,29). The van der Waals surface area contributed by atoms with E-state index >= 15 is 0 Å². The lowest BCUT2D eigenvalue weighted by molar-refractivity contribution is -0.149. The first kappa shape index (κ1) is 21.7. The molecule has 3 N–H and O–H groups in total. The van der Waals surface area contributed by atoms with Gasteiger partial charge in [-0.3, -0.25) is 25.2 Å². The van der Waals surface area contributed by atoms with Gasteiger partial charge in [0.1, 0.15) is 11.8 Å². The fourth-order valence-corrected chi connectivity index (χ4v) is 6.23. The zero-order chi connectivity index (χ0) is 22.2. The molecule has 168 valence electrons. The molecule has 1 aromatic rings. The molecule has 1 aromatic carbocycles. The van der Waals surface area contributed by atoms with E-state index in [4.69, 9.17) is 4.74 Å². The summed E-state index contributed by atoms with van der Waals surface area (Å²) in [6.07, 6.45) is 6.64. The van der Waals surface area contributed by atoms with Gasteiger partial charge in [0.2, 0.25) is 5.91 Å². The third-order valence-corrected chi connectivity index (χ3v) is 7.41. The molecule has 5 rings (SSSR count). The molecule has 0 saturated heterocycles. The summed E-state index contributed by atoms with van der Waals surface area (Å²) in [4.78, 5) is 38.5. The SMILES string of the molecule is COc1ccc(C(=O)NNC(=O)C(NC(=O)C23CC4CC(CC(C4)C2)C3)C(C)C)cc1. The van der Waals surface area contributed by atoms with Crippen molar-refractivity contribution in [2.45, 2.75) is 58.4 Å². The Labute approximate surface area is 183 Å². The quantitative estimate of drug-likeness (QED) is 0.608. The Morgan fingerprint density at radius 1 is 0.935 bits per heavy atom. The monoisotopic (exact) mass is 427 g/mol. The molecule has 4 aliphatic rings. The number of carbonyl (C=O) groups is 3. The van der Waals surface area contributed by atoms with Crippen LogP contribution in [-0.2, 0) is 9.59 Å². The van der Waals surface area contributed by atoms with Crippen LogP contribution in [0.5, 0.6) is 5.75 Å². The Morgan fingerprint density at radius 2 is 1.48 bits per heavy atom. The first-order valence-electron chi connectivity index (χ1n) is 11.3. The van der Waals surface area contributed by atoms with Crippen molar-refractivity contribution in [2.24, 2.45) is 29.1 Å². The van der Waals surface area contributed by atoms with Gasteiger partial charge in [0.15, 0.2) is 0 Å². The second-order valence-corrected chi connectivity index (χ2v) is 10.1. The second-order valence-electron chi connectivity index (χ2n) is 10.1. The minimum absolute atomic E-state index is 0.0157. The van der Waals surface area contributed by atoms with Gasteiger partial charge < -0.3 is 10.1 Å². The van der Waals surface area contributed by atoms with Gasteiger partial charge in [-0.15, -0.1) is 0 Å². The molecule has 4 saturated carbocycles. The number of benzene rings is 1. The predicted molar refractivity (Wildman–Crippen MR) is 116 cm³/mol. The predicted octanol–water partition coefficient (Wildman–Crippen LogP) is 2.81. The number of amides is 3. The van der Waals surface area contributed by atoms with E-state index in [1.54, 1.807) is 31.4 Å². The lowest BCUT2D eigenvalue weighted by Gasteiger charge is -2.55. The first-order chi connectivity index (χ1) is 14.8. The van der Waals surface area contributed by atoms with Crippen molar-refractivity contribution < 1.29 is 19.1 Å². The average Bonchev–Trinajstić information content (AvgIpc) is 2.74. The summed E-state index contributed by atoms with van der Waals surface area (Å²) in [6, 6.07) is 5.90. The largest absolute Gasteiger partial charge is 0.497 e. The third-order valence-electron chi connectivity index (χ3n) is 7.41. The molecule has 4 aliphatic carbocycles. The van der Waals surface area contributed by atoms with Crippen LogP contribution in [0.25, 0.3) is 0 Å². The number of rotatable bonds is 6. The number of hydrazine groups is 1. The fourth-order valence-electron chi connectivity index (χ4n) is 6.23. The minimum atomic E-state index is -0.698. The molecule has 0 aromatic heterocycles. The Balaban J connectivity index is 1.36. The molecule has 1 atom stereocenters. The van der Waals surface area contributed by atoms with Gasteiger partial charge in [0, 0.05) is 11.0 Å². The summed E-state index contributed by atoms with van der Waals surface area (Å²) in [6.45, 7) is 3.80. The lowest BCUT2D eigenvalue weighted by Crippen LogP contribution is -2.59. The maximum Gasteiger partial charge on any atom is 0.269 e. The number of ether oxygens (including phenoxy) is 1. The van der Waals surface area contributed by atoms with Crippen LogP contribution in [0.4, 0.5) is 0 Å². The van der Waals surface area contributed by atoms with Gasteiger partial charge in [-0.25, -0.2) is 0 Å². The molecule has 31 heavy (non-hydrogen) atoms. The number of nitrogens with one attached hydrogen (secondary N) is 3. The molecule has 0 spiro atoms. The van der Waals surface area contributed by atoms with Crippen LogP contribution in [0, 0.1) is 29.1 Å². The molecule has 0 heterocycles. The summed E-state index contributed by atoms with van der Waals surface area (Å²) in [5.74, 6) is 1.71. The van der Waals surface area contributed by atoms with Crippen molar-refractivity contribution in [1.82, 2.24) is 16.2 Å². The van der Waals surface area contributed by atoms with Gasteiger partial charge in [0.05, 0.1) is 7.11 Å². The van der Waals surface area contributed by atoms with Crippen molar-refractivity contribution in [2.75, 3.05) is 7.11 Å². The fraction of sp³-hybridized carbons (Fsp3) is 0.625. The van der Waals surface area contributed by atoms with E-state index in [0.29, 0.717) is 29.1 Å². The van der Waals surface area contributed by atoms with E-state index < -0.39 is 17.9 Å². The number of hydrogen-bond acceptors (Lipinski definition) is 4. The third kappa shape index (κ3) is 4.41. The van der Waals surface area contributed by atoms with Gasteiger partial charge in [-0.2, -0.15) is 0 Å². The topological polar surface area (TPSA) is 96.5 Å². The van der Waals surface area contributed by atoms with Crippen LogP contribution >= 0.6 is 0 Å². The zero-order valence-corrected chi connectivity index (χ0v) is 18.6. The Kier molecular flexibility index (Phi) is 5.95. The minimum Gasteiger partial charge on any atom is -0.497 e. The average molecular weight is 428 g/mol. The first-order valence-corrected chi connectivity index (χ1v) is 11.3. The van der Waals surface area contributed by atoms with Crippen LogP contribution in [0.2, 0.25) is 0 Å². The smallest absolute Gasteiger partial charge is 0.269 e. The van der Waals surface area contributed by atoms with E-state index in [-0.39, 0.29) is 17.2 Å². The van der Waals surface area contributed by atoms with E-state index in [0.717, 1.165) is 19.3 Å². The second kappa shape index (κ2) is 8.52. The Bertz CT molecular complexity index is 814. The highest BCUT2D eigenvalue weighted by Gasteiger charge is 2.55. The van der Waals surface area contributed by atoms with E-state index in [2.05, 4.69) is 16.2 Å². The van der Waals surface area contributed by atoms with Crippen molar-refractivity contribution in [3.63, 3.8) is 0 Å². The number of hydrogen-bond donors (Lipinski definition) is 3. The van der Waals surface area contributed by atoms with Crippen LogP contribution in [0.3, 0.4) is 0 Å².